The molecule has 5 heteroatoms. The van der Waals surface area contributed by atoms with Gasteiger partial charge in [-0.2, -0.15) is 0 Å². The van der Waals surface area contributed by atoms with Gasteiger partial charge >= 0.3 is 5.97 Å². The van der Waals surface area contributed by atoms with Crippen LogP contribution in [0.15, 0.2) is 12.2 Å². The van der Waals surface area contributed by atoms with Gasteiger partial charge in [0.1, 0.15) is 5.78 Å². The van der Waals surface area contributed by atoms with Crippen molar-refractivity contribution < 1.29 is 24.5 Å². The summed E-state index contributed by atoms with van der Waals surface area (Å²) in [7, 11) is 1.40. The monoisotopic (exact) mass is 408 g/mol. The number of hydrogen-bond donors (Lipinski definition) is 2. The second kappa shape index (κ2) is 11.8. The Morgan fingerprint density at radius 1 is 1.28 bits per heavy atom. The Morgan fingerprint density at radius 3 is 2.62 bits per heavy atom. The number of methoxy groups -OCH3 is 1. The summed E-state index contributed by atoms with van der Waals surface area (Å²) in [4.78, 5) is 23.5. The zero-order valence-corrected chi connectivity index (χ0v) is 18.3. The van der Waals surface area contributed by atoms with Crippen molar-refractivity contribution in [3.05, 3.63) is 12.2 Å². The first-order chi connectivity index (χ1) is 13.9. The minimum Gasteiger partial charge on any atom is -0.469 e. The molecule has 2 fully saturated rings. The lowest BCUT2D eigenvalue weighted by molar-refractivity contribution is -0.140. The summed E-state index contributed by atoms with van der Waals surface area (Å²) in [5.74, 6) is -0.265. The van der Waals surface area contributed by atoms with Crippen molar-refractivity contribution in [3.63, 3.8) is 0 Å². The predicted molar refractivity (Wildman–Crippen MR) is 113 cm³/mol. The highest BCUT2D eigenvalue weighted by Crippen LogP contribution is 2.48. The van der Waals surface area contributed by atoms with Crippen LogP contribution in [0.1, 0.15) is 90.4 Å². The number of ketones is 1. The van der Waals surface area contributed by atoms with Crippen LogP contribution in [-0.4, -0.2) is 41.3 Å². The van der Waals surface area contributed by atoms with Gasteiger partial charge in [0.15, 0.2) is 0 Å². The maximum absolute atomic E-state index is 12.3. The molecule has 0 amide bonds. The third-order valence-electron chi connectivity index (χ3n) is 7.13. The Labute approximate surface area is 175 Å². The van der Waals surface area contributed by atoms with Crippen LogP contribution in [-0.2, 0) is 14.3 Å². The molecule has 0 radical (unpaired) electrons. The number of ether oxygens (including phenoxy) is 1. The number of aliphatic hydroxyl groups is 2. The zero-order valence-electron chi connectivity index (χ0n) is 18.3. The Bertz CT molecular complexity index is 551. The van der Waals surface area contributed by atoms with E-state index in [2.05, 4.69) is 11.7 Å². The van der Waals surface area contributed by atoms with E-state index < -0.39 is 6.10 Å². The molecule has 0 aromatic heterocycles. The molecule has 0 heterocycles. The highest BCUT2D eigenvalue weighted by Gasteiger charge is 2.42. The average molecular weight is 409 g/mol. The van der Waals surface area contributed by atoms with Gasteiger partial charge in [-0.15, -0.1) is 0 Å². The molecule has 166 valence electrons. The van der Waals surface area contributed by atoms with E-state index in [9.17, 15) is 19.8 Å². The second-order valence-electron chi connectivity index (χ2n) is 9.10. The summed E-state index contributed by atoms with van der Waals surface area (Å²) in [6, 6.07) is 0. The molecular weight excluding hydrogens is 368 g/mol. The minimum atomic E-state index is -0.603. The molecular formula is C24H40O5. The number of esters is 1. The van der Waals surface area contributed by atoms with E-state index in [0.29, 0.717) is 12.8 Å². The number of aliphatic hydroxyl groups excluding tert-OH is 2. The first kappa shape index (κ1) is 24.1. The topological polar surface area (TPSA) is 83.8 Å². The number of carbonyl (C=O) groups excluding carboxylic acids is 2. The van der Waals surface area contributed by atoms with Gasteiger partial charge in [0.25, 0.3) is 0 Å². The fourth-order valence-electron chi connectivity index (χ4n) is 5.17. The van der Waals surface area contributed by atoms with E-state index in [4.69, 9.17) is 0 Å². The second-order valence-corrected chi connectivity index (χ2v) is 9.10. The summed E-state index contributed by atoms with van der Waals surface area (Å²) in [5.41, 5.74) is 0.0901. The van der Waals surface area contributed by atoms with Crippen molar-refractivity contribution in [1.29, 1.82) is 0 Å². The lowest BCUT2D eigenvalue weighted by Crippen LogP contribution is -2.41. The number of rotatable bonds is 13. The van der Waals surface area contributed by atoms with Gasteiger partial charge in [0.2, 0.25) is 0 Å². The number of hydrogen-bond acceptors (Lipinski definition) is 5. The lowest BCUT2D eigenvalue weighted by atomic mass is 9.62. The molecule has 0 bridgehead atoms. The fraction of sp³-hybridized carbons (Fsp3) is 0.833. The van der Waals surface area contributed by atoms with Gasteiger partial charge in [0, 0.05) is 24.7 Å². The molecule has 2 N–H and O–H groups in total. The smallest absolute Gasteiger partial charge is 0.305 e. The first-order valence-electron chi connectivity index (χ1n) is 11.6. The summed E-state index contributed by atoms with van der Waals surface area (Å²) < 4.78 is 4.64. The molecule has 0 saturated heterocycles. The van der Waals surface area contributed by atoms with Crippen molar-refractivity contribution in [2.24, 2.45) is 17.3 Å². The summed E-state index contributed by atoms with van der Waals surface area (Å²) >= 11 is 0. The maximum Gasteiger partial charge on any atom is 0.305 e. The molecule has 1 unspecified atom stereocenters. The summed E-state index contributed by atoms with van der Waals surface area (Å²) in [6.07, 6.45) is 14.4. The van der Waals surface area contributed by atoms with Gasteiger partial charge < -0.3 is 14.9 Å². The molecule has 5 nitrogen and oxygen atoms in total. The highest BCUT2D eigenvalue weighted by molar-refractivity contribution is 5.84. The Kier molecular flexibility index (Phi) is 9.84. The highest BCUT2D eigenvalue weighted by atomic mass is 16.5. The van der Waals surface area contributed by atoms with Gasteiger partial charge in [-0.25, -0.2) is 0 Å². The average Bonchev–Trinajstić information content (AvgIpc) is 2.93. The fourth-order valence-corrected chi connectivity index (χ4v) is 5.17. The van der Waals surface area contributed by atoms with E-state index in [1.807, 2.05) is 12.2 Å². The van der Waals surface area contributed by atoms with Crippen molar-refractivity contribution in [3.8, 4) is 0 Å². The quantitative estimate of drug-likeness (QED) is 0.269. The van der Waals surface area contributed by atoms with Gasteiger partial charge in [0.05, 0.1) is 19.3 Å². The molecule has 2 rings (SSSR count). The Balaban J connectivity index is 1.77. The van der Waals surface area contributed by atoms with Crippen LogP contribution in [0.2, 0.25) is 0 Å². The third kappa shape index (κ3) is 6.65. The minimum absolute atomic E-state index is 0.0901. The van der Waals surface area contributed by atoms with Crippen LogP contribution in [0.5, 0.6) is 0 Å². The van der Waals surface area contributed by atoms with Gasteiger partial charge in [-0.05, 0) is 43.9 Å². The van der Waals surface area contributed by atoms with Crippen LogP contribution in [0, 0.1) is 17.3 Å². The molecule has 29 heavy (non-hydrogen) atoms. The predicted octanol–water partition coefficient (Wildman–Crippen LogP) is 4.34. The Hall–Kier alpha value is -1.20. The van der Waals surface area contributed by atoms with Crippen LogP contribution in [0.25, 0.3) is 0 Å². The largest absolute Gasteiger partial charge is 0.469 e. The molecule has 0 aromatic rings. The number of Topliss-reactive ketones (excluding diaryl/α,β-unsaturated/α-hetero) is 1. The molecule has 4 atom stereocenters. The number of carbonyl (C=O) groups is 2. The van der Waals surface area contributed by atoms with Crippen LogP contribution < -0.4 is 0 Å². The lowest BCUT2D eigenvalue weighted by Gasteiger charge is -2.45. The van der Waals surface area contributed by atoms with E-state index in [1.165, 1.54) is 13.5 Å². The molecule has 2 aliphatic rings. The normalized spacial score (nSPS) is 27.2. The van der Waals surface area contributed by atoms with E-state index in [0.717, 1.165) is 57.8 Å². The Morgan fingerprint density at radius 2 is 2.00 bits per heavy atom. The van der Waals surface area contributed by atoms with Crippen molar-refractivity contribution in [2.45, 2.75) is 103 Å². The zero-order chi connectivity index (χ0) is 21.3. The van der Waals surface area contributed by atoms with Gasteiger partial charge in [-0.1, -0.05) is 51.2 Å². The van der Waals surface area contributed by atoms with Crippen molar-refractivity contribution >= 4 is 11.8 Å². The van der Waals surface area contributed by atoms with Crippen molar-refractivity contribution in [2.75, 3.05) is 7.11 Å². The number of unbranched alkanes of at least 4 members (excludes halogenated alkanes) is 3. The summed E-state index contributed by atoms with van der Waals surface area (Å²) in [5, 5.41) is 21.0. The summed E-state index contributed by atoms with van der Waals surface area (Å²) in [6.45, 7) is 2.17. The third-order valence-corrected chi connectivity index (χ3v) is 7.13. The van der Waals surface area contributed by atoms with E-state index in [-0.39, 0.29) is 41.5 Å². The maximum atomic E-state index is 12.3. The molecule has 0 aliphatic heterocycles. The SMILES string of the molecule is CCCC1([C@H](O)C/C=C/[C@@H]2C(CCCCCCC(=O)OC)C(=O)C[C@H]2O)CCC1. The molecule has 2 saturated carbocycles. The van der Waals surface area contributed by atoms with Crippen LogP contribution in [0.3, 0.4) is 0 Å². The van der Waals surface area contributed by atoms with E-state index in [1.54, 1.807) is 0 Å². The molecule has 2 aliphatic carbocycles. The standard InChI is InChI=1S/C24H40O5/c1-3-14-24(15-9-16-24)22(27)12-8-11-19-18(20(25)17-21(19)26)10-6-4-5-7-13-23(28)29-2/h8,11,18-19,21-22,26-27H,3-7,9-10,12-17H2,1-2H3/b11-8+/t18?,19-,21-,22-/m1/s1. The van der Waals surface area contributed by atoms with Crippen LogP contribution >= 0.6 is 0 Å². The van der Waals surface area contributed by atoms with Crippen LogP contribution in [0.4, 0.5) is 0 Å². The molecule has 0 spiro atoms. The first-order valence-corrected chi connectivity index (χ1v) is 11.6. The molecule has 0 aromatic carbocycles. The van der Waals surface area contributed by atoms with E-state index >= 15 is 0 Å². The van der Waals surface area contributed by atoms with Gasteiger partial charge in [-0.3, -0.25) is 9.59 Å². The van der Waals surface area contributed by atoms with Crippen molar-refractivity contribution in [1.82, 2.24) is 0 Å².